The van der Waals surface area contributed by atoms with Gasteiger partial charge in [0.1, 0.15) is 5.75 Å². The van der Waals surface area contributed by atoms with Crippen molar-refractivity contribution in [3.63, 3.8) is 0 Å². The molecule has 3 saturated heterocycles. The van der Waals surface area contributed by atoms with Crippen LogP contribution in [0.1, 0.15) is 32.1 Å². The minimum atomic E-state index is 0. The van der Waals surface area contributed by atoms with Gasteiger partial charge in [-0.3, -0.25) is 9.59 Å². The first-order valence-electron chi connectivity index (χ1n) is 9.27. The normalized spacial score (nSPS) is 25.0. The number of anilines is 1. The molecule has 1 aromatic carbocycles. The summed E-state index contributed by atoms with van der Waals surface area (Å²) in [7, 11) is 0. The molecule has 142 valence electrons. The fourth-order valence-electron chi connectivity index (χ4n) is 4.25. The van der Waals surface area contributed by atoms with Gasteiger partial charge in [0.2, 0.25) is 5.91 Å². The van der Waals surface area contributed by atoms with Crippen LogP contribution in [0.2, 0.25) is 0 Å². The average molecular weight is 380 g/mol. The molecule has 3 fully saturated rings. The molecule has 3 heterocycles. The molecule has 2 bridgehead atoms. The second-order valence-corrected chi connectivity index (χ2v) is 7.11. The number of benzene rings is 1. The molecule has 7 heteroatoms. The Morgan fingerprint density at radius 2 is 1.92 bits per heavy atom. The molecular weight excluding hydrogens is 354 g/mol. The summed E-state index contributed by atoms with van der Waals surface area (Å²) < 4.78 is 5.72. The van der Waals surface area contributed by atoms with Crippen LogP contribution < -0.4 is 15.0 Å². The van der Waals surface area contributed by atoms with Crippen LogP contribution in [-0.2, 0) is 9.59 Å². The van der Waals surface area contributed by atoms with E-state index in [1.165, 1.54) is 0 Å². The first kappa shape index (κ1) is 19.0. The molecule has 4 rings (SSSR count). The maximum absolute atomic E-state index is 12.6. The van der Waals surface area contributed by atoms with E-state index in [1.807, 2.05) is 29.2 Å². The molecule has 1 N–H and O–H groups in total. The summed E-state index contributed by atoms with van der Waals surface area (Å²) in [4.78, 5) is 28.3. The highest BCUT2D eigenvalue weighted by Gasteiger charge is 2.37. The van der Waals surface area contributed by atoms with Crippen LogP contribution in [0.25, 0.3) is 0 Å². The van der Waals surface area contributed by atoms with Crippen molar-refractivity contribution < 1.29 is 14.3 Å². The first-order chi connectivity index (χ1) is 12.2. The van der Waals surface area contributed by atoms with E-state index < -0.39 is 0 Å². The maximum Gasteiger partial charge on any atom is 0.261 e. The van der Waals surface area contributed by atoms with E-state index in [2.05, 4.69) is 5.32 Å². The van der Waals surface area contributed by atoms with Crippen molar-refractivity contribution in [3.05, 3.63) is 24.3 Å². The summed E-state index contributed by atoms with van der Waals surface area (Å²) in [5.74, 6) is 0.924. The molecule has 0 aromatic heterocycles. The number of hydrogen-bond acceptors (Lipinski definition) is 4. The van der Waals surface area contributed by atoms with Gasteiger partial charge in [-0.1, -0.05) is 0 Å². The molecule has 2 unspecified atom stereocenters. The van der Waals surface area contributed by atoms with Gasteiger partial charge in [0, 0.05) is 37.3 Å². The second-order valence-electron chi connectivity index (χ2n) is 7.11. The molecule has 26 heavy (non-hydrogen) atoms. The highest BCUT2D eigenvalue weighted by atomic mass is 35.5. The number of nitrogens with zero attached hydrogens (tertiary/aromatic N) is 2. The molecule has 6 nitrogen and oxygen atoms in total. The van der Waals surface area contributed by atoms with Crippen LogP contribution >= 0.6 is 12.4 Å². The minimum Gasteiger partial charge on any atom is -0.484 e. The van der Waals surface area contributed by atoms with Crippen molar-refractivity contribution >= 4 is 29.9 Å². The lowest BCUT2D eigenvalue weighted by Gasteiger charge is -2.27. The summed E-state index contributed by atoms with van der Waals surface area (Å²) in [6, 6.07) is 8.14. The lowest BCUT2D eigenvalue weighted by molar-refractivity contribution is -0.136. The summed E-state index contributed by atoms with van der Waals surface area (Å²) >= 11 is 0. The Balaban J connectivity index is 0.00000196. The fraction of sp³-hybridized carbons (Fsp3) is 0.579. The van der Waals surface area contributed by atoms with E-state index in [4.69, 9.17) is 4.74 Å². The lowest BCUT2D eigenvalue weighted by Crippen LogP contribution is -2.44. The third kappa shape index (κ3) is 3.81. The van der Waals surface area contributed by atoms with Gasteiger partial charge < -0.3 is 19.9 Å². The Bertz CT molecular complexity index is 638. The molecule has 1 aromatic rings. The average Bonchev–Trinajstić information content (AvgIpc) is 3.15. The van der Waals surface area contributed by atoms with E-state index in [0.717, 1.165) is 51.0 Å². The van der Waals surface area contributed by atoms with Crippen LogP contribution in [0.15, 0.2) is 24.3 Å². The summed E-state index contributed by atoms with van der Waals surface area (Å²) in [5, 5.41) is 3.41. The van der Waals surface area contributed by atoms with Gasteiger partial charge >= 0.3 is 0 Å². The lowest BCUT2D eigenvalue weighted by atomic mass is 10.1. The predicted molar refractivity (Wildman–Crippen MR) is 102 cm³/mol. The molecule has 3 aliphatic rings. The van der Waals surface area contributed by atoms with Crippen molar-refractivity contribution in [1.29, 1.82) is 0 Å². The third-order valence-corrected chi connectivity index (χ3v) is 5.53. The van der Waals surface area contributed by atoms with E-state index in [-0.39, 0.29) is 30.8 Å². The van der Waals surface area contributed by atoms with Gasteiger partial charge in [-0.05, 0) is 56.5 Å². The Morgan fingerprint density at radius 3 is 2.65 bits per heavy atom. The van der Waals surface area contributed by atoms with E-state index in [1.54, 1.807) is 4.90 Å². The molecule has 0 saturated carbocycles. The van der Waals surface area contributed by atoms with Crippen LogP contribution in [0, 0.1) is 0 Å². The van der Waals surface area contributed by atoms with Crippen molar-refractivity contribution in [2.45, 2.75) is 44.2 Å². The number of rotatable bonds is 4. The van der Waals surface area contributed by atoms with Crippen LogP contribution in [0.4, 0.5) is 5.69 Å². The Kier molecular flexibility index (Phi) is 6.04. The minimum absolute atomic E-state index is 0. The van der Waals surface area contributed by atoms with E-state index >= 15 is 0 Å². The number of carbonyl (C=O) groups is 2. The van der Waals surface area contributed by atoms with Gasteiger partial charge in [0.25, 0.3) is 5.91 Å². The molecule has 0 spiro atoms. The fourth-order valence-corrected chi connectivity index (χ4v) is 4.25. The molecule has 0 radical (unpaired) electrons. The number of fused-ring (bicyclic) bond motifs is 2. The number of ether oxygens (including phenoxy) is 1. The van der Waals surface area contributed by atoms with Crippen molar-refractivity contribution in [1.82, 2.24) is 10.2 Å². The van der Waals surface area contributed by atoms with Crippen LogP contribution in [0.3, 0.4) is 0 Å². The van der Waals surface area contributed by atoms with Crippen molar-refractivity contribution in [2.75, 3.05) is 31.1 Å². The monoisotopic (exact) mass is 379 g/mol. The second kappa shape index (κ2) is 8.27. The standard InChI is InChI=1S/C19H25N3O3.ClH/c23-18-2-1-11-21(18)14-5-7-17(8-6-14)25-13-19(24)22-15-3-4-16(22)12-20-10-9-15;/h5-8,15-16,20H,1-4,9-13H2;1H. The summed E-state index contributed by atoms with van der Waals surface area (Å²) in [5.41, 5.74) is 0.901. The quantitative estimate of drug-likeness (QED) is 0.868. The zero-order valence-electron chi connectivity index (χ0n) is 14.9. The summed E-state index contributed by atoms with van der Waals surface area (Å²) in [6.45, 7) is 2.74. The Hall–Kier alpha value is -1.79. The number of halogens is 1. The maximum atomic E-state index is 12.6. The zero-order valence-corrected chi connectivity index (χ0v) is 15.7. The zero-order chi connectivity index (χ0) is 17.2. The van der Waals surface area contributed by atoms with Crippen LogP contribution in [-0.4, -0.2) is 55.0 Å². The van der Waals surface area contributed by atoms with Gasteiger partial charge in [0.05, 0.1) is 0 Å². The molecule has 2 atom stereocenters. The highest BCUT2D eigenvalue weighted by Crippen LogP contribution is 2.28. The Labute approximate surface area is 160 Å². The molecule has 2 amide bonds. The number of carbonyl (C=O) groups excluding carboxylic acids is 2. The SMILES string of the molecule is Cl.O=C1CCCN1c1ccc(OCC(=O)N2C3CCNCC2CC3)cc1. The Morgan fingerprint density at radius 1 is 1.15 bits per heavy atom. The van der Waals surface area contributed by atoms with Crippen molar-refractivity contribution in [3.8, 4) is 5.75 Å². The topological polar surface area (TPSA) is 61.9 Å². The molecule has 0 aliphatic carbocycles. The van der Waals surface area contributed by atoms with E-state index in [9.17, 15) is 9.59 Å². The van der Waals surface area contributed by atoms with Gasteiger partial charge in [-0.2, -0.15) is 0 Å². The van der Waals surface area contributed by atoms with Crippen LogP contribution in [0.5, 0.6) is 5.75 Å². The number of amides is 2. The predicted octanol–water partition coefficient (Wildman–Crippen LogP) is 1.97. The molecule has 3 aliphatic heterocycles. The largest absolute Gasteiger partial charge is 0.484 e. The summed E-state index contributed by atoms with van der Waals surface area (Å²) in [6.07, 6.45) is 4.76. The van der Waals surface area contributed by atoms with Crippen molar-refractivity contribution in [2.24, 2.45) is 0 Å². The number of hydrogen-bond donors (Lipinski definition) is 1. The first-order valence-corrected chi connectivity index (χ1v) is 9.27. The third-order valence-electron chi connectivity index (χ3n) is 5.53. The highest BCUT2D eigenvalue weighted by molar-refractivity contribution is 5.95. The smallest absolute Gasteiger partial charge is 0.261 e. The van der Waals surface area contributed by atoms with Gasteiger partial charge in [-0.15, -0.1) is 12.4 Å². The van der Waals surface area contributed by atoms with E-state index in [0.29, 0.717) is 24.3 Å². The molecular formula is C19H26ClN3O3. The number of nitrogens with one attached hydrogen (secondary N) is 1. The van der Waals surface area contributed by atoms with Gasteiger partial charge in [0.15, 0.2) is 6.61 Å². The van der Waals surface area contributed by atoms with Gasteiger partial charge in [-0.25, -0.2) is 0 Å².